The first-order valence-electron chi connectivity index (χ1n) is 11.2. The third-order valence-electron chi connectivity index (χ3n) is 4.69. The lowest BCUT2D eigenvalue weighted by Crippen LogP contribution is -2.38. The average Bonchev–Trinajstić information content (AvgIpc) is 3.12. The molecule has 0 saturated carbocycles. The zero-order valence-corrected chi connectivity index (χ0v) is 23.4. The average molecular weight is 575 g/mol. The third kappa shape index (κ3) is 9.17. The quantitative estimate of drug-likeness (QED) is 0.130. The Kier molecular flexibility index (Phi) is 13.7. The van der Waals surface area contributed by atoms with E-state index >= 15 is 0 Å². The summed E-state index contributed by atoms with van der Waals surface area (Å²) < 4.78 is 7.78. The molecule has 0 spiro atoms. The number of hydrogen-bond donors (Lipinski definition) is 1. The van der Waals surface area contributed by atoms with Crippen molar-refractivity contribution in [3.8, 4) is 5.75 Å². The summed E-state index contributed by atoms with van der Waals surface area (Å²) >= 11 is 1.65. The van der Waals surface area contributed by atoms with Crippen LogP contribution in [0.3, 0.4) is 0 Å². The van der Waals surface area contributed by atoms with E-state index in [-0.39, 0.29) is 24.0 Å². The standard InChI is InChI=1S/C23H38N6OS.HI/c1-7-24-22(28(5)17-19-11-13-20(14-12-19)30-8-2)25-15-9-10-21-26-27-23(31-6)29(21)16-18(3)4;/h11-14,18H,7-10,15-17H2,1-6H3,(H,24,25);1H. The van der Waals surface area contributed by atoms with Gasteiger partial charge in [-0.3, -0.25) is 4.99 Å². The lowest BCUT2D eigenvalue weighted by molar-refractivity contribution is 0.340. The minimum Gasteiger partial charge on any atom is -0.494 e. The van der Waals surface area contributed by atoms with Crippen molar-refractivity contribution in [2.75, 3.05) is 33.0 Å². The number of aromatic nitrogens is 3. The fourth-order valence-electron chi connectivity index (χ4n) is 3.30. The van der Waals surface area contributed by atoms with Crippen molar-refractivity contribution in [3.63, 3.8) is 0 Å². The fourth-order valence-corrected chi connectivity index (χ4v) is 3.82. The zero-order chi connectivity index (χ0) is 22.6. The molecule has 32 heavy (non-hydrogen) atoms. The lowest BCUT2D eigenvalue weighted by Gasteiger charge is -2.22. The van der Waals surface area contributed by atoms with Gasteiger partial charge in [0, 0.05) is 39.6 Å². The number of aliphatic imine (C=N–C) groups is 1. The van der Waals surface area contributed by atoms with Crippen LogP contribution in [0.1, 0.15) is 45.5 Å². The first-order valence-corrected chi connectivity index (χ1v) is 12.4. The molecule has 0 aliphatic heterocycles. The van der Waals surface area contributed by atoms with E-state index in [2.05, 4.69) is 71.2 Å². The molecule has 9 heteroatoms. The van der Waals surface area contributed by atoms with Gasteiger partial charge in [-0.05, 0) is 50.1 Å². The SMILES string of the molecule is CCNC(=NCCCc1nnc(SC)n1CC(C)C)N(C)Cc1ccc(OCC)cc1.I. The fraction of sp³-hybridized carbons (Fsp3) is 0.609. The van der Waals surface area contributed by atoms with E-state index in [0.717, 1.165) is 61.7 Å². The summed E-state index contributed by atoms with van der Waals surface area (Å²) in [5, 5.41) is 13.1. The van der Waals surface area contributed by atoms with E-state index in [1.807, 2.05) is 19.1 Å². The van der Waals surface area contributed by atoms with Crippen LogP contribution in [0.25, 0.3) is 0 Å². The van der Waals surface area contributed by atoms with E-state index < -0.39 is 0 Å². The number of nitrogens with zero attached hydrogens (tertiary/aromatic N) is 5. The largest absolute Gasteiger partial charge is 0.494 e. The van der Waals surface area contributed by atoms with Gasteiger partial charge in [-0.2, -0.15) is 0 Å². The number of halogens is 1. The second-order valence-electron chi connectivity index (χ2n) is 7.88. The number of benzene rings is 1. The summed E-state index contributed by atoms with van der Waals surface area (Å²) in [6.07, 6.45) is 3.88. The van der Waals surface area contributed by atoms with Crippen LogP contribution in [-0.2, 0) is 19.5 Å². The van der Waals surface area contributed by atoms with Crippen molar-refractivity contribution < 1.29 is 4.74 Å². The summed E-state index contributed by atoms with van der Waals surface area (Å²) in [6, 6.07) is 8.26. The highest BCUT2D eigenvalue weighted by Gasteiger charge is 2.12. The Morgan fingerprint density at radius 3 is 2.53 bits per heavy atom. The third-order valence-corrected chi connectivity index (χ3v) is 5.36. The van der Waals surface area contributed by atoms with Crippen molar-refractivity contribution in [3.05, 3.63) is 35.7 Å². The van der Waals surface area contributed by atoms with Crippen LogP contribution in [0, 0.1) is 5.92 Å². The number of thioether (sulfide) groups is 1. The van der Waals surface area contributed by atoms with Gasteiger partial charge in [0.1, 0.15) is 11.6 Å². The predicted octanol–water partition coefficient (Wildman–Crippen LogP) is 4.70. The molecular formula is C23H39IN6OS. The predicted molar refractivity (Wildman–Crippen MR) is 145 cm³/mol. The van der Waals surface area contributed by atoms with Crippen molar-refractivity contribution in [2.45, 2.75) is 58.8 Å². The molecule has 0 unspecified atom stereocenters. The molecule has 0 radical (unpaired) electrons. The number of aryl methyl sites for hydroxylation is 1. The Morgan fingerprint density at radius 1 is 1.22 bits per heavy atom. The summed E-state index contributed by atoms with van der Waals surface area (Å²) in [5.74, 6) is 3.45. The molecule has 2 aromatic rings. The van der Waals surface area contributed by atoms with E-state index in [4.69, 9.17) is 9.73 Å². The number of nitrogens with one attached hydrogen (secondary N) is 1. The Morgan fingerprint density at radius 2 is 1.94 bits per heavy atom. The molecule has 2 rings (SSSR count). The molecule has 180 valence electrons. The first-order chi connectivity index (χ1) is 15.0. The lowest BCUT2D eigenvalue weighted by atomic mass is 10.2. The van der Waals surface area contributed by atoms with E-state index in [9.17, 15) is 0 Å². The van der Waals surface area contributed by atoms with Gasteiger partial charge in [-0.1, -0.05) is 37.7 Å². The van der Waals surface area contributed by atoms with Gasteiger partial charge in [-0.15, -0.1) is 34.2 Å². The molecular weight excluding hydrogens is 535 g/mol. The van der Waals surface area contributed by atoms with Crippen LogP contribution < -0.4 is 10.1 Å². The van der Waals surface area contributed by atoms with Gasteiger partial charge in [-0.25, -0.2) is 0 Å². The summed E-state index contributed by atoms with van der Waals surface area (Å²) in [5.41, 5.74) is 1.22. The molecule has 1 heterocycles. The van der Waals surface area contributed by atoms with Gasteiger partial charge >= 0.3 is 0 Å². The van der Waals surface area contributed by atoms with Crippen LogP contribution in [0.15, 0.2) is 34.4 Å². The van der Waals surface area contributed by atoms with Crippen LogP contribution in [0.2, 0.25) is 0 Å². The number of ether oxygens (including phenoxy) is 1. The maximum Gasteiger partial charge on any atom is 0.193 e. The number of rotatable bonds is 12. The van der Waals surface area contributed by atoms with Crippen molar-refractivity contribution in [1.29, 1.82) is 0 Å². The van der Waals surface area contributed by atoms with Crippen molar-refractivity contribution in [1.82, 2.24) is 25.0 Å². The van der Waals surface area contributed by atoms with Gasteiger partial charge in [0.25, 0.3) is 0 Å². The molecule has 0 aliphatic carbocycles. The molecule has 1 N–H and O–H groups in total. The first kappa shape index (κ1) is 28.5. The van der Waals surface area contributed by atoms with Crippen LogP contribution >= 0.6 is 35.7 Å². The minimum atomic E-state index is 0. The number of guanidine groups is 1. The highest BCUT2D eigenvalue weighted by atomic mass is 127. The van der Waals surface area contributed by atoms with Gasteiger partial charge in [0.2, 0.25) is 0 Å². The molecule has 0 aliphatic rings. The second-order valence-corrected chi connectivity index (χ2v) is 8.65. The Balaban J connectivity index is 0.00000512. The maximum absolute atomic E-state index is 5.53. The summed E-state index contributed by atoms with van der Waals surface area (Å²) in [4.78, 5) is 6.99. The molecule has 0 bridgehead atoms. The molecule has 1 aromatic heterocycles. The van der Waals surface area contributed by atoms with E-state index in [1.165, 1.54) is 5.56 Å². The van der Waals surface area contributed by atoms with Gasteiger partial charge < -0.3 is 19.5 Å². The maximum atomic E-state index is 5.53. The van der Waals surface area contributed by atoms with Gasteiger partial charge in [0.15, 0.2) is 11.1 Å². The second kappa shape index (κ2) is 15.4. The molecule has 0 atom stereocenters. The Hall–Kier alpha value is -1.49. The molecule has 0 amide bonds. The van der Waals surface area contributed by atoms with Crippen molar-refractivity contribution in [2.24, 2.45) is 10.9 Å². The van der Waals surface area contributed by atoms with E-state index in [0.29, 0.717) is 12.5 Å². The van der Waals surface area contributed by atoms with E-state index in [1.54, 1.807) is 11.8 Å². The molecule has 0 fully saturated rings. The smallest absolute Gasteiger partial charge is 0.193 e. The molecule has 7 nitrogen and oxygen atoms in total. The minimum absolute atomic E-state index is 0. The topological polar surface area (TPSA) is 67.6 Å². The monoisotopic (exact) mass is 574 g/mol. The van der Waals surface area contributed by atoms with Crippen LogP contribution in [0.4, 0.5) is 0 Å². The van der Waals surface area contributed by atoms with Crippen LogP contribution in [-0.4, -0.2) is 58.6 Å². The Labute approximate surface area is 214 Å². The highest BCUT2D eigenvalue weighted by Crippen LogP contribution is 2.17. The molecule has 1 aromatic carbocycles. The van der Waals surface area contributed by atoms with Gasteiger partial charge in [0.05, 0.1) is 6.61 Å². The summed E-state index contributed by atoms with van der Waals surface area (Å²) in [7, 11) is 2.07. The van der Waals surface area contributed by atoms with Crippen molar-refractivity contribution >= 4 is 41.7 Å². The Bertz CT molecular complexity index is 809. The highest BCUT2D eigenvalue weighted by molar-refractivity contribution is 14.0. The number of hydrogen-bond acceptors (Lipinski definition) is 5. The molecule has 0 saturated heterocycles. The zero-order valence-electron chi connectivity index (χ0n) is 20.3. The summed E-state index contributed by atoms with van der Waals surface area (Å²) in [6.45, 7) is 12.6. The normalized spacial score (nSPS) is 11.4. The van der Waals surface area contributed by atoms with Crippen LogP contribution in [0.5, 0.6) is 5.75 Å².